The summed E-state index contributed by atoms with van der Waals surface area (Å²) in [5, 5.41) is 8.57. The molecule has 2 heterocycles. The van der Waals surface area contributed by atoms with Crippen LogP contribution in [-0.2, 0) is 9.53 Å². The maximum atomic E-state index is 11.0. The van der Waals surface area contributed by atoms with Gasteiger partial charge in [-0.15, -0.1) is 0 Å². The van der Waals surface area contributed by atoms with Crippen molar-refractivity contribution in [1.29, 1.82) is 0 Å². The second kappa shape index (κ2) is 7.03. The van der Waals surface area contributed by atoms with E-state index in [-0.39, 0.29) is 19.1 Å². The van der Waals surface area contributed by atoms with Crippen LogP contribution in [0.15, 0.2) is 18.3 Å². The maximum Gasteiger partial charge on any atom is 0.305 e. The summed E-state index contributed by atoms with van der Waals surface area (Å²) in [6.45, 7) is 1.84. The minimum atomic E-state index is -0.842. The molecule has 1 aliphatic heterocycles. The van der Waals surface area contributed by atoms with Crippen molar-refractivity contribution in [3.05, 3.63) is 23.9 Å². The first-order valence-electron chi connectivity index (χ1n) is 6.90. The normalized spacial score (nSPS) is 15.9. The number of carbonyl (C=O) groups is 2. The molecule has 0 saturated carbocycles. The third kappa shape index (κ3) is 4.42. The van der Waals surface area contributed by atoms with Crippen molar-refractivity contribution in [1.82, 2.24) is 4.98 Å². The Kier molecular flexibility index (Phi) is 5.10. The Balaban J connectivity index is 1.80. The molecule has 0 radical (unpaired) electrons. The lowest BCUT2D eigenvalue weighted by Gasteiger charge is -2.32. The topological polar surface area (TPSA) is 106 Å². The molecule has 7 nitrogen and oxygen atoms in total. The molecule has 3 N–H and O–H groups in total. The minimum absolute atomic E-state index is 0.0380. The summed E-state index contributed by atoms with van der Waals surface area (Å²) in [5.41, 5.74) is 5.57. The molecule has 0 unspecified atom stereocenters. The van der Waals surface area contributed by atoms with E-state index in [9.17, 15) is 9.59 Å². The van der Waals surface area contributed by atoms with Crippen LogP contribution in [0.25, 0.3) is 0 Å². The maximum absolute atomic E-state index is 11.0. The van der Waals surface area contributed by atoms with Gasteiger partial charge in [0.15, 0.2) is 0 Å². The summed E-state index contributed by atoms with van der Waals surface area (Å²) in [6, 6.07) is 3.45. The molecule has 2 rings (SSSR count). The number of nitrogens with zero attached hydrogens (tertiary/aromatic N) is 2. The first-order chi connectivity index (χ1) is 10.1. The molecular weight excluding hydrogens is 274 g/mol. The second-order valence-electron chi connectivity index (χ2n) is 4.97. The largest absolute Gasteiger partial charge is 0.481 e. The van der Waals surface area contributed by atoms with Crippen LogP contribution in [0.5, 0.6) is 0 Å². The molecule has 114 valence electrons. The summed E-state index contributed by atoms with van der Waals surface area (Å²) in [5.74, 6) is -0.519. The Labute approximate surface area is 122 Å². The highest BCUT2D eigenvalue weighted by Crippen LogP contribution is 2.19. The SMILES string of the molecule is NC(=O)c1ccc(N2CCC(OCCC(=O)O)CC2)nc1. The van der Waals surface area contributed by atoms with Gasteiger partial charge in [0, 0.05) is 19.3 Å². The Hall–Kier alpha value is -2.15. The van der Waals surface area contributed by atoms with Crippen molar-refractivity contribution in [2.24, 2.45) is 5.73 Å². The number of carboxylic acids is 1. The van der Waals surface area contributed by atoms with Gasteiger partial charge >= 0.3 is 5.97 Å². The van der Waals surface area contributed by atoms with Crippen LogP contribution in [0.3, 0.4) is 0 Å². The molecule has 1 aliphatic rings. The molecule has 0 atom stereocenters. The van der Waals surface area contributed by atoms with Crippen LogP contribution in [0.4, 0.5) is 5.82 Å². The Bertz CT molecular complexity index is 495. The van der Waals surface area contributed by atoms with Crippen molar-refractivity contribution < 1.29 is 19.4 Å². The quantitative estimate of drug-likeness (QED) is 0.797. The summed E-state index contributed by atoms with van der Waals surface area (Å²) in [4.78, 5) is 27.8. The number of anilines is 1. The number of hydrogen-bond donors (Lipinski definition) is 2. The number of rotatable bonds is 6. The van der Waals surface area contributed by atoms with E-state index in [0.717, 1.165) is 31.7 Å². The van der Waals surface area contributed by atoms with Gasteiger partial charge in [-0.25, -0.2) is 4.98 Å². The Morgan fingerprint density at radius 3 is 2.62 bits per heavy atom. The summed E-state index contributed by atoms with van der Waals surface area (Å²) < 4.78 is 5.54. The van der Waals surface area contributed by atoms with Gasteiger partial charge in [0.1, 0.15) is 5.82 Å². The molecule has 1 saturated heterocycles. The van der Waals surface area contributed by atoms with Gasteiger partial charge in [0.05, 0.1) is 24.7 Å². The van der Waals surface area contributed by atoms with Crippen LogP contribution in [-0.4, -0.2) is 47.8 Å². The molecule has 21 heavy (non-hydrogen) atoms. The fourth-order valence-corrected chi connectivity index (χ4v) is 2.28. The van der Waals surface area contributed by atoms with Gasteiger partial charge in [0.2, 0.25) is 5.91 Å². The molecule has 1 fully saturated rings. The van der Waals surface area contributed by atoms with Gasteiger partial charge in [-0.05, 0) is 25.0 Å². The Morgan fingerprint density at radius 1 is 1.38 bits per heavy atom. The van der Waals surface area contributed by atoms with Gasteiger partial charge in [-0.2, -0.15) is 0 Å². The van der Waals surface area contributed by atoms with Crippen LogP contribution < -0.4 is 10.6 Å². The van der Waals surface area contributed by atoms with E-state index in [4.69, 9.17) is 15.6 Å². The number of aromatic nitrogens is 1. The molecule has 1 aromatic rings. The van der Waals surface area contributed by atoms with Crippen LogP contribution in [0.1, 0.15) is 29.6 Å². The van der Waals surface area contributed by atoms with E-state index in [2.05, 4.69) is 9.88 Å². The van der Waals surface area contributed by atoms with Crippen LogP contribution in [0.2, 0.25) is 0 Å². The third-order valence-electron chi connectivity index (χ3n) is 3.47. The number of piperidine rings is 1. The highest BCUT2D eigenvalue weighted by atomic mass is 16.5. The molecular formula is C14H19N3O4. The average Bonchev–Trinajstić information content (AvgIpc) is 2.48. The lowest BCUT2D eigenvalue weighted by Crippen LogP contribution is -2.37. The van der Waals surface area contributed by atoms with Gasteiger partial charge in [-0.1, -0.05) is 0 Å². The number of pyridine rings is 1. The zero-order chi connectivity index (χ0) is 15.2. The molecule has 1 amide bonds. The molecule has 0 spiro atoms. The third-order valence-corrected chi connectivity index (χ3v) is 3.47. The number of nitrogens with two attached hydrogens (primary N) is 1. The minimum Gasteiger partial charge on any atom is -0.481 e. The molecule has 0 aromatic carbocycles. The summed E-state index contributed by atoms with van der Waals surface area (Å²) in [6.07, 6.45) is 3.28. The molecule has 0 bridgehead atoms. The smallest absolute Gasteiger partial charge is 0.305 e. The lowest BCUT2D eigenvalue weighted by molar-refractivity contribution is -0.138. The first-order valence-corrected chi connectivity index (χ1v) is 6.90. The molecule has 7 heteroatoms. The zero-order valence-corrected chi connectivity index (χ0v) is 11.7. The zero-order valence-electron chi connectivity index (χ0n) is 11.7. The first kappa shape index (κ1) is 15.2. The predicted molar refractivity (Wildman–Crippen MR) is 76.2 cm³/mol. The number of carbonyl (C=O) groups excluding carboxylic acids is 1. The van der Waals surface area contributed by atoms with Gasteiger partial charge < -0.3 is 20.5 Å². The number of carboxylic acid groups (broad SMARTS) is 1. The standard InChI is InChI=1S/C14H19N3O4/c15-14(20)10-1-2-12(16-9-10)17-6-3-11(4-7-17)21-8-5-13(18)19/h1-2,9,11H,3-8H2,(H2,15,20)(H,18,19). The van der Waals surface area contributed by atoms with Crippen molar-refractivity contribution in [2.75, 3.05) is 24.6 Å². The molecule has 1 aromatic heterocycles. The van der Waals surface area contributed by atoms with Crippen molar-refractivity contribution in [3.8, 4) is 0 Å². The average molecular weight is 293 g/mol. The number of amides is 1. The van der Waals surface area contributed by atoms with Crippen molar-refractivity contribution in [3.63, 3.8) is 0 Å². The monoisotopic (exact) mass is 293 g/mol. The predicted octanol–water partition coefficient (Wildman–Crippen LogP) is 0.641. The van der Waals surface area contributed by atoms with E-state index >= 15 is 0 Å². The van der Waals surface area contributed by atoms with Crippen molar-refractivity contribution >= 4 is 17.7 Å². The Morgan fingerprint density at radius 2 is 2.10 bits per heavy atom. The van der Waals surface area contributed by atoms with E-state index in [1.807, 2.05) is 0 Å². The van der Waals surface area contributed by atoms with Crippen LogP contribution >= 0.6 is 0 Å². The summed E-state index contributed by atoms with van der Waals surface area (Å²) >= 11 is 0. The summed E-state index contributed by atoms with van der Waals surface area (Å²) in [7, 11) is 0. The molecule has 0 aliphatic carbocycles. The fourth-order valence-electron chi connectivity index (χ4n) is 2.28. The van der Waals surface area contributed by atoms with E-state index in [1.165, 1.54) is 6.20 Å². The van der Waals surface area contributed by atoms with Crippen molar-refractivity contribution in [2.45, 2.75) is 25.4 Å². The van der Waals surface area contributed by atoms with Gasteiger partial charge in [-0.3, -0.25) is 9.59 Å². The second-order valence-corrected chi connectivity index (χ2v) is 4.97. The van der Waals surface area contributed by atoms with E-state index in [0.29, 0.717) is 5.56 Å². The van der Waals surface area contributed by atoms with Crippen LogP contribution in [0, 0.1) is 0 Å². The van der Waals surface area contributed by atoms with Gasteiger partial charge in [0.25, 0.3) is 0 Å². The highest BCUT2D eigenvalue weighted by molar-refractivity contribution is 5.92. The number of primary amides is 1. The van der Waals surface area contributed by atoms with E-state index < -0.39 is 11.9 Å². The number of ether oxygens (including phenoxy) is 1. The number of hydrogen-bond acceptors (Lipinski definition) is 5. The lowest BCUT2D eigenvalue weighted by atomic mass is 10.1. The van der Waals surface area contributed by atoms with E-state index in [1.54, 1.807) is 12.1 Å². The number of aliphatic carboxylic acids is 1. The highest BCUT2D eigenvalue weighted by Gasteiger charge is 2.20. The fraction of sp³-hybridized carbons (Fsp3) is 0.500.